The molecule has 56 heavy (non-hydrogen) atoms. The Morgan fingerprint density at radius 3 is 1.73 bits per heavy atom. The molecule has 4 aliphatic carbocycles. The van der Waals surface area contributed by atoms with Crippen molar-refractivity contribution in [2.45, 2.75) is 25.7 Å². The van der Waals surface area contributed by atoms with Gasteiger partial charge in [-0.1, -0.05) is 78.9 Å². The first-order valence-corrected chi connectivity index (χ1v) is 18.3. The van der Waals surface area contributed by atoms with Crippen molar-refractivity contribution in [3.05, 3.63) is 168 Å². The number of aryl methyl sites for hydroxylation is 2. The number of hydrogen-bond acceptors (Lipinski definition) is 4. The predicted molar refractivity (Wildman–Crippen MR) is 211 cm³/mol. The Bertz CT molecular complexity index is 2730. The normalized spacial score (nSPS) is 13.9. The van der Waals surface area contributed by atoms with E-state index in [0.717, 1.165) is 37.1 Å². The number of nitrogens with zero attached hydrogens (tertiary/aromatic N) is 9. The molecular formula is C46H34IrN9-3. The maximum absolute atomic E-state index is 4.02. The minimum Gasteiger partial charge on any atom is -0.348 e. The molecule has 1 radical (unpaired) electrons. The average molecular weight is 905 g/mol. The fourth-order valence-corrected chi connectivity index (χ4v) is 8.07. The first-order chi connectivity index (χ1) is 27.1. The molecule has 0 amide bonds. The molecule has 275 valence electrons. The third-order valence-electron chi connectivity index (χ3n) is 10.5. The van der Waals surface area contributed by atoms with Crippen molar-refractivity contribution in [1.82, 2.24) is 34.7 Å². The summed E-state index contributed by atoms with van der Waals surface area (Å²) in [5.74, 6) is 0.464. The van der Waals surface area contributed by atoms with E-state index in [2.05, 4.69) is 123 Å². The molecule has 0 saturated heterocycles. The van der Waals surface area contributed by atoms with Crippen molar-refractivity contribution in [1.29, 1.82) is 0 Å². The molecule has 0 bridgehead atoms. The summed E-state index contributed by atoms with van der Waals surface area (Å²) in [5, 5.41) is 19.3. The number of pyridine rings is 1. The largest absolute Gasteiger partial charge is 0.348 e. The van der Waals surface area contributed by atoms with Crippen LogP contribution >= 0.6 is 0 Å². The van der Waals surface area contributed by atoms with E-state index in [4.69, 9.17) is 0 Å². The van der Waals surface area contributed by atoms with Crippen molar-refractivity contribution >= 4 is 44.8 Å². The van der Waals surface area contributed by atoms with E-state index >= 15 is 0 Å². The predicted octanol–water partition coefficient (Wildman–Crippen LogP) is 6.71. The fraction of sp³-hybridized carbons (Fsp3) is 0.130. The van der Waals surface area contributed by atoms with Gasteiger partial charge in [0, 0.05) is 51.1 Å². The first-order valence-electron chi connectivity index (χ1n) is 18.3. The number of imidazole rings is 2. The summed E-state index contributed by atoms with van der Waals surface area (Å²) in [6.45, 7) is 0. The minimum absolute atomic E-state index is 0. The van der Waals surface area contributed by atoms with Gasteiger partial charge in [0.15, 0.2) is 0 Å². The topological polar surface area (TPSA) is 83.3 Å². The minimum atomic E-state index is 0. The van der Waals surface area contributed by atoms with Crippen LogP contribution in [0.5, 0.6) is 0 Å². The monoisotopic (exact) mass is 905 g/mol. The molecule has 4 heterocycles. The van der Waals surface area contributed by atoms with Gasteiger partial charge in [0.2, 0.25) is 12.7 Å². The molecule has 12 rings (SSSR count). The molecule has 0 spiro atoms. The third-order valence-corrected chi connectivity index (χ3v) is 10.5. The zero-order chi connectivity index (χ0) is 36.9. The zero-order valence-corrected chi connectivity index (χ0v) is 33.1. The smallest absolute Gasteiger partial charge is 0.241 e. The Morgan fingerprint density at radius 1 is 0.696 bits per heavy atom. The average Bonchev–Trinajstić information content (AvgIpc) is 4.03. The van der Waals surface area contributed by atoms with Crippen LogP contribution in [-0.2, 0) is 47.0 Å². The van der Waals surface area contributed by atoms with Gasteiger partial charge in [0.05, 0.1) is 25.6 Å². The van der Waals surface area contributed by atoms with Crippen LogP contribution in [-0.4, -0.2) is 29.6 Å². The second kappa shape index (κ2) is 14.7. The summed E-state index contributed by atoms with van der Waals surface area (Å²) < 4.78 is 7.93. The van der Waals surface area contributed by atoms with Crippen LogP contribution in [0.15, 0.2) is 110 Å². The molecule has 4 aromatic heterocycles. The summed E-state index contributed by atoms with van der Waals surface area (Å²) in [4.78, 5) is 4.02. The van der Waals surface area contributed by atoms with Crippen LogP contribution in [0.25, 0.3) is 67.7 Å². The standard InChI is InChI=1S/2C20H15N2.C6H4N5.Ir/c2*1-21-11-12-22(13-21)18-10-8-16-6-5-14-3-2-4-15-7-9-17(18)20(16)19(14)15;1-2-4-7-5(3-1)6-8-10-11-9-6;/h2*2,4-5,7-9,11-12H,3,6H2,1H3;1-4H;/q3*-1;. The third kappa shape index (κ3) is 6.27. The number of allylic oxidation sites excluding steroid dienone is 6. The molecule has 0 N–H and O–H groups in total. The van der Waals surface area contributed by atoms with E-state index in [1.165, 1.54) is 66.1 Å². The summed E-state index contributed by atoms with van der Waals surface area (Å²) in [5.41, 5.74) is 14.1. The summed E-state index contributed by atoms with van der Waals surface area (Å²) >= 11 is 0. The van der Waals surface area contributed by atoms with E-state index in [-0.39, 0.29) is 20.1 Å². The molecule has 10 heteroatoms. The number of benzene rings is 4. The van der Waals surface area contributed by atoms with Gasteiger partial charge < -0.3 is 23.4 Å². The van der Waals surface area contributed by atoms with Crippen molar-refractivity contribution in [3.63, 3.8) is 0 Å². The van der Waals surface area contributed by atoms with Crippen LogP contribution in [0.2, 0.25) is 0 Å². The van der Waals surface area contributed by atoms with Crippen molar-refractivity contribution < 1.29 is 29.2 Å². The van der Waals surface area contributed by atoms with Crippen LogP contribution < -0.4 is 14.2 Å². The van der Waals surface area contributed by atoms with Gasteiger partial charge in [-0.15, -0.1) is 44.8 Å². The number of aromatic nitrogens is 9. The Morgan fingerprint density at radius 2 is 1.27 bits per heavy atom. The van der Waals surface area contributed by atoms with Gasteiger partial charge in [0.1, 0.15) is 0 Å². The van der Waals surface area contributed by atoms with Gasteiger partial charge >= 0.3 is 0 Å². The molecule has 0 fully saturated rings. The van der Waals surface area contributed by atoms with Crippen molar-refractivity contribution in [3.8, 4) is 22.9 Å². The summed E-state index contributed by atoms with van der Waals surface area (Å²) in [7, 11) is 3.98. The maximum atomic E-state index is 4.02. The van der Waals surface area contributed by atoms with Crippen molar-refractivity contribution in [2.75, 3.05) is 0 Å². The van der Waals surface area contributed by atoms with Gasteiger partial charge in [0.25, 0.3) is 0 Å². The summed E-state index contributed by atoms with van der Waals surface area (Å²) in [6, 6.07) is 25.6. The molecule has 0 atom stereocenters. The Labute approximate surface area is 338 Å². The second-order valence-corrected chi connectivity index (χ2v) is 14.0. The van der Waals surface area contributed by atoms with Gasteiger partial charge in [-0.05, 0) is 58.4 Å². The van der Waals surface area contributed by atoms with Crippen LogP contribution in [0.1, 0.15) is 46.2 Å². The van der Waals surface area contributed by atoms with E-state index in [0.29, 0.717) is 11.5 Å². The molecule has 4 aliphatic rings. The quantitative estimate of drug-likeness (QED) is 0.146. The molecule has 0 aliphatic heterocycles. The van der Waals surface area contributed by atoms with E-state index in [1.807, 2.05) is 69.3 Å². The molecule has 0 unspecified atom stereocenters. The second-order valence-electron chi connectivity index (χ2n) is 14.0. The summed E-state index contributed by atoms with van der Waals surface area (Å²) in [6.07, 6.45) is 34.2. The first kappa shape index (κ1) is 35.4. The Kier molecular flexibility index (Phi) is 9.29. The van der Waals surface area contributed by atoms with E-state index in [1.54, 1.807) is 12.3 Å². The Balaban J connectivity index is 0.000000115. The molecule has 0 saturated carbocycles. The number of rotatable bonds is 3. The number of hydrogen-bond donors (Lipinski definition) is 0. The van der Waals surface area contributed by atoms with E-state index in [9.17, 15) is 0 Å². The van der Waals surface area contributed by atoms with Crippen LogP contribution in [0, 0.1) is 24.8 Å². The van der Waals surface area contributed by atoms with Gasteiger partial charge in [-0.3, -0.25) is 15.3 Å². The number of tetrazole rings is 1. The Hall–Kier alpha value is -6.35. The SMILES string of the molecule is C[n+]1[c-]n(-c2[c-]cc3c4c5c(ccc24)C=CCC5=CC3)cc1.C[n+]1[c-]n(-c2[c-]cc3c4c5c(ccc24)C=CCC5=CC3)cc1.[Ir].c1ccc(-c2nnn[n-]2)nc1. The van der Waals surface area contributed by atoms with Gasteiger partial charge in [-0.2, -0.15) is 29.5 Å². The molecule has 8 aromatic rings. The fourth-order valence-electron chi connectivity index (χ4n) is 8.07. The van der Waals surface area contributed by atoms with Crippen LogP contribution in [0.4, 0.5) is 0 Å². The molecular weight excluding hydrogens is 871 g/mol. The molecule has 4 aromatic carbocycles. The maximum Gasteiger partial charge on any atom is 0.241 e. The van der Waals surface area contributed by atoms with Gasteiger partial charge in [-0.25, -0.2) is 0 Å². The molecule has 9 nitrogen and oxygen atoms in total. The van der Waals surface area contributed by atoms with E-state index < -0.39 is 0 Å². The van der Waals surface area contributed by atoms with Crippen LogP contribution in [0.3, 0.4) is 0 Å². The zero-order valence-electron chi connectivity index (χ0n) is 30.7. The van der Waals surface area contributed by atoms with Crippen molar-refractivity contribution in [2.24, 2.45) is 14.1 Å².